The average molecular weight is 211 g/mol. The van der Waals surface area contributed by atoms with Crippen LogP contribution in [0, 0.1) is 12.8 Å². The van der Waals surface area contributed by atoms with Gasteiger partial charge in [0.1, 0.15) is 0 Å². The third-order valence-electron chi connectivity index (χ3n) is 2.86. The number of hydrogen-bond donors (Lipinski definition) is 0. The quantitative estimate of drug-likeness (QED) is 0.704. The zero-order valence-electron chi connectivity index (χ0n) is 9.71. The lowest BCUT2D eigenvalue weighted by Gasteiger charge is -2.16. The fourth-order valence-corrected chi connectivity index (χ4v) is 2.65. The molecule has 0 saturated heterocycles. The Morgan fingerprint density at radius 2 is 2.07 bits per heavy atom. The van der Waals surface area contributed by atoms with Gasteiger partial charge in [-0.2, -0.15) is 0 Å². The summed E-state index contributed by atoms with van der Waals surface area (Å²) in [6.45, 7) is 8.95. The van der Waals surface area contributed by atoms with E-state index in [1.165, 1.54) is 30.0 Å². The molecule has 1 heterocycles. The molecule has 80 valence electrons. The number of hydrogen-bond acceptors (Lipinski definition) is 2. The summed E-state index contributed by atoms with van der Waals surface area (Å²) in [6.07, 6.45) is 3.79. The predicted octanol–water partition coefficient (Wildman–Crippen LogP) is 4.38. The normalized spacial score (nSPS) is 15.4. The zero-order valence-corrected chi connectivity index (χ0v) is 10.5. The average Bonchev–Trinajstić information content (AvgIpc) is 2.60. The first-order valence-electron chi connectivity index (χ1n) is 5.59. The molecule has 2 unspecified atom stereocenters. The summed E-state index contributed by atoms with van der Waals surface area (Å²) in [4.78, 5) is 4.59. The Labute approximate surface area is 91.6 Å². The van der Waals surface area contributed by atoms with Gasteiger partial charge in [0.25, 0.3) is 0 Å². The number of thiazole rings is 1. The third kappa shape index (κ3) is 3.09. The summed E-state index contributed by atoms with van der Waals surface area (Å²) in [5.74, 6) is 1.51. The van der Waals surface area contributed by atoms with Gasteiger partial charge in [0.05, 0.1) is 5.01 Å². The SMILES string of the molecule is CCC(C)CC(CC)c1nc(C)cs1. The van der Waals surface area contributed by atoms with E-state index in [9.17, 15) is 0 Å². The van der Waals surface area contributed by atoms with Gasteiger partial charge in [-0.3, -0.25) is 0 Å². The summed E-state index contributed by atoms with van der Waals surface area (Å²) >= 11 is 1.82. The Kier molecular flexibility index (Phi) is 4.59. The van der Waals surface area contributed by atoms with Crippen LogP contribution in [0.4, 0.5) is 0 Å². The molecule has 0 spiro atoms. The topological polar surface area (TPSA) is 12.9 Å². The lowest BCUT2D eigenvalue weighted by molar-refractivity contribution is 0.445. The molecule has 0 bridgehead atoms. The van der Waals surface area contributed by atoms with E-state index in [1.54, 1.807) is 0 Å². The van der Waals surface area contributed by atoms with E-state index >= 15 is 0 Å². The highest BCUT2D eigenvalue weighted by molar-refractivity contribution is 7.09. The maximum absolute atomic E-state index is 4.59. The first-order valence-corrected chi connectivity index (χ1v) is 6.47. The standard InChI is InChI=1S/C12H21NS/c1-5-9(3)7-11(6-2)12-13-10(4)8-14-12/h8-9,11H,5-7H2,1-4H3. The Morgan fingerprint density at radius 3 is 2.50 bits per heavy atom. The molecule has 1 rings (SSSR count). The number of aryl methyl sites for hydroxylation is 1. The van der Waals surface area contributed by atoms with Crippen molar-refractivity contribution < 1.29 is 0 Å². The third-order valence-corrected chi connectivity index (χ3v) is 3.99. The van der Waals surface area contributed by atoms with Crippen molar-refractivity contribution in [2.75, 3.05) is 0 Å². The molecule has 0 amide bonds. The molecule has 0 aliphatic carbocycles. The second kappa shape index (κ2) is 5.50. The first-order chi connectivity index (χ1) is 6.67. The zero-order chi connectivity index (χ0) is 10.6. The molecule has 2 atom stereocenters. The van der Waals surface area contributed by atoms with Crippen LogP contribution in [-0.4, -0.2) is 4.98 Å². The molecule has 0 aliphatic heterocycles. The van der Waals surface area contributed by atoms with Crippen LogP contribution < -0.4 is 0 Å². The number of nitrogens with zero attached hydrogens (tertiary/aromatic N) is 1. The van der Waals surface area contributed by atoms with Gasteiger partial charge in [0, 0.05) is 17.0 Å². The highest BCUT2D eigenvalue weighted by Crippen LogP contribution is 2.30. The Balaban J connectivity index is 2.62. The fraction of sp³-hybridized carbons (Fsp3) is 0.750. The minimum absolute atomic E-state index is 0.684. The minimum Gasteiger partial charge on any atom is -0.246 e. The molecule has 0 radical (unpaired) electrons. The van der Waals surface area contributed by atoms with Gasteiger partial charge in [0.15, 0.2) is 0 Å². The molecule has 0 saturated carbocycles. The summed E-state index contributed by atoms with van der Waals surface area (Å²) in [5.41, 5.74) is 1.17. The Morgan fingerprint density at radius 1 is 1.36 bits per heavy atom. The maximum atomic E-state index is 4.59. The van der Waals surface area contributed by atoms with E-state index in [1.807, 2.05) is 11.3 Å². The fourth-order valence-electron chi connectivity index (χ4n) is 1.65. The van der Waals surface area contributed by atoms with Crippen LogP contribution in [0.5, 0.6) is 0 Å². The smallest absolute Gasteiger partial charge is 0.0959 e. The van der Waals surface area contributed by atoms with Crippen molar-refractivity contribution in [2.45, 2.75) is 52.9 Å². The van der Waals surface area contributed by atoms with E-state index in [4.69, 9.17) is 0 Å². The van der Waals surface area contributed by atoms with Crippen LogP contribution >= 0.6 is 11.3 Å². The molecule has 0 aliphatic rings. The van der Waals surface area contributed by atoms with Gasteiger partial charge < -0.3 is 0 Å². The van der Waals surface area contributed by atoms with Gasteiger partial charge in [-0.15, -0.1) is 11.3 Å². The summed E-state index contributed by atoms with van der Waals surface area (Å²) < 4.78 is 0. The molecule has 0 fully saturated rings. The van der Waals surface area contributed by atoms with E-state index in [0.717, 1.165) is 5.92 Å². The van der Waals surface area contributed by atoms with E-state index < -0.39 is 0 Å². The van der Waals surface area contributed by atoms with Gasteiger partial charge in [-0.05, 0) is 25.7 Å². The summed E-state index contributed by atoms with van der Waals surface area (Å²) in [7, 11) is 0. The maximum Gasteiger partial charge on any atom is 0.0959 e. The molecule has 1 aromatic heterocycles. The van der Waals surface area contributed by atoms with Crippen LogP contribution in [0.1, 0.15) is 56.7 Å². The van der Waals surface area contributed by atoms with E-state index in [-0.39, 0.29) is 0 Å². The predicted molar refractivity (Wildman–Crippen MR) is 64.0 cm³/mol. The van der Waals surface area contributed by atoms with Crippen LogP contribution in [0.2, 0.25) is 0 Å². The van der Waals surface area contributed by atoms with Crippen molar-refractivity contribution in [1.29, 1.82) is 0 Å². The summed E-state index contributed by atoms with van der Waals surface area (Å²) in [6, 6.07) is 0. The molecule has 0 aromatic carbocycles. The lowest BCUT2D eigenvalue weighted by atomic mass is 9.92. The van der Waals surface area contributed by atoms with Crippen LogP contribution in [-0.2, 0) is 0 Å². The molecule has 14 heavy (non-hydrogen) atoms. The van der Waals surface area contributed by atoms with Gasteiger partial charge >= 0.3 is 0 Å². The van der Waals surface area contributed by atoms with Crippen molar-refractivity contribution in [2.24, 2.45) is 5.92 Å². The monoisotopic (exact) mass is 211 g/mol. The molecular weight excluding hydrogens is 190 g/mol. The van der Waals surface area contributed by atoms with Crippen molar-refractivity contribution in [1.82, 2.24) is 4.98 Å². The van der Waals surface area contributed by atoms with E-state index in [2.05, 4.69) is 38.1 Å². The number of aromatic nitrogens is 1. The highest BCUT2D eigenvalue weighted by Gasteiger charge is 2.15. The molecular formula is C12H21NS. The lowest BCUT2D eigenvalue weighted by Crippen LogP contribution is -2.03. The molecule has 1 aromatic rings. The highest BCUT2D eigenvalue weighted by atomic mass is 32.1. The second-order valence-corrected chi connectivity index (χ2v) is 5.07. The Hall–Kier alpha value is -0.370. The van der Waals surface area contributed by atoms with Gasteiger partial charge in [-0.1, -0.05) is 27.2 Å². The van der Waals surface area contributed by atoms with Crippen LogP contribution in [0.15, 0.2) is 5.38 Å². The van der Waals surface area contributed by atoms with E-state index in [0.29, 0.717) is 5.92 Å². The minimum atomic E-state index is 0.684. The summed E-state index contributed by atoms with van der Waals surface area (Å²) in [5, 5.41) is 3.50. The number of rotatable bonds is 5. The van der Waals surface area contributed by atoms with Gasteiger partial charge in [-0.25, -0.2) is 4.98 Å². The molecule has 1 nitrogen and oxygen atoms in total. The van der Waals surface area contributed by atoms with Crippen molar-refractivity contribution in [3.8, 4) is 0 Å². The van der Waals surface area contributed by atoms with Crippen molar-refractivity contribution in [3.05, 3.63) is 16.1 Å². The van der Waals surface area contributed by atoms with Crippen molar-refractivity contribution >= 4 is 11.3 Å². The Bertz CT molecular complexity index is 267. The molecule has 0 N–H and O–H groups in total. The van der Waals surface area contributed by atoms with Crippen molar-refractivity contribution in [3.63, 3.8) is 0 Å². The molecule has 2 heteroatoms. The van der Waals surface area contributed by atoms with Crippen LogP contribution in [0.25, 0.3) is 0 Å². The van der Waals surface area contributed by atoms with Crippen LogP contribution in [0.3, 0.4) is 0 Å². The largest absolute Gasteiger partial charge is 0.246 e. The second-order valence-electron chi connectivity index (χ2n) is 4.18. The first kappa shape index (κ1) is 11.7. The van der Waals surface area contributed by atoms with Gasteiger partial charge in [0.2, 0.25) is 0 Å².